The van der Waals surface area contributed by atoms with Crippen LogP contribution < -0.4 is 5.73 Å². The average Bonchev–Trinajstić information content (AvgIpc) is 2.15. The smallest absolute Gasteiger partial charge is 0.217 e. The maximum Gasteiger partial charge on any atom is 0.217 e. The minimum absolute atomic E-state index is 0.214. The Labute approximate surface area is 78.0 Å². The maximum absolute atomic E-state index is 13.1. The third-order valence-electron chi connectivity index (χ3n) is 2.06. The van der Waals surface area contributed by atoms with Crippen molar-refractivity contribution in [3.63, 3.8) is 0 Å². The van der Waals surface area contributed by atoms with Gasteiger partial charge in [-0.05, 0) is 12.5 Å². The van der Waals surface area contributed by atoms with E-state index in [1.54, 1.807) is 12.1 Å². The first-order valence-electron chi connectivity index (χ1n) is 4.61. The standard InChI is InChI=1S/C10H15FN2/c1-2-3-6-9(12)8-5-4-7-13-10(8)11/h4-5,7,9H,2-3,6,12H2,1H3/t9-/m1/s1. The van der Waals surface area contributed by atoms with Crippen molar-refractivity contribution >= 4 is 0 Å². The normalized spacial score (nSPS) is 12.8. The molecule has 2 N–H and O–H groups in total. The van der Waals surface area contributed by atoms with Crippen LogP contribution in [-0.2, 0) is 0 Å². The Morgan fingerprint density at radius 3 is 3.00 bits per heavy atom. The van der Waals surface area contributed by atoms with Crippen molar-refractivity contribution in [3.05, 3.63) is 29.8 Å². The van der Waals surface area contributed by atoms with Crippen molar-refractivity contribution in [2.24, 2.45) is 5.73 Å². The third-order valence-corrected chi connectivity index (χ3v) is 2.06. The fourth-order valence-electron chi connectivity index (χ4n) is 1.25. The van der Waals surface area contributed by atoms with Crippen LogP contribution in [0.5, 0.6) is 0 Å². The summed E-state index contributed by atoms with van der Waals surface area (Å²) in [6.45, 7) is 2.09. The molecule has 0 fully saturated rings. The number of nitrogens with zero attached hydrogens (tertiary/aromatic N) is 1. The number of hydrogen-bond acceptors (Lipinski definition) is 2. The van der Waals surface area contributed by atoms with Crippen molar-refractivity contribution < 1.29 is 4.39 Å². The minimum Gasteiger partial charge on any atom is -0.324 e. The fraction of sp³-hybridized carbons (Fsp3) is 0.500. The molecule has 3 heteroatoms. The Balaban J connectivity index is 2.65. The van der Waals surface area contributed by atoms with E-state index in [9.17, 15) is 4.39 Å². The van der Waals surface area contributed by atoms with Crippen molar-refractivity contribution in [3.8, 4) is 0 Å². The van der Waals surface area contributed by atoms with E-state index in [1.165, 1.54) is 6.20 Å². The zero-order chi connectivity index (χ0) is 9.68. The molecule has 0 aliphatic heterocycles. The molecule has 0 spiro atoms. The van der Waals surface area contributed by atoms with Crippen LogP contribution in [0.25, 0.3) is 0 Å². The highest BCUT2D eigenvalue weighted by molar-refractivity contribution is 5.14. The molecule has 1 aromatic rings. The van der Waals surface area contributed by atoms with Crippen molar-refractivity contribution in [1.82, 2.24) is 4.98 Å². The zero-order valence-corrected chi connectivity index (χ0v) is 7.83. The summed E-state index contributed by atoms with van der Waals surface area (Å²) >= 11 is 0. The quantitative estimate of drug-likeness (QED) is 0.726. The monoisotopic (exact) mass is 182 g/mol. The molecule has 1 rings (SSSR count). The van der Waals surface area contributed by atoms with Gasteiger partial charge in [0.2, 0.25) is 5.95 Å². The number of halogens is 1. The van der Waals surface area contributed by atoms with Gasteiger partial charge in [-0.1, -0.05) is 25.8 Å². The summed E-state index contributed by atoms with van der Waals surface area (Å²) < 4.78 is 13.1. The van der Waals surface area contributed by atoms with Crippen LogP contribution in [0.2, 0.25) is 0 Å². The molecule has 0 aliphatic carbocycles. The van der Waals surface area contributed by atoms with E-state index in [4.69, 9.17) is 5.73 Å². The van der Waals surface area contributed by atoms with Gasteiger partial charge in [0.15, 0.2) is 0 Å². The molecule has 0 aromatic carbocycles. The summed E-state index contributed by atoms with van der Waals surface area (Å²) in [5, 5.41) is 0. The molecule has 0 saturated carbocycles. The third kappa shape index (κ3) is 2.77. The fourth-order valence-corrected chi connectivity index (χ4v) is 1.25. The van der Waals surface area contributed by atoms with Crippen LogP contribution >= 0.6 is 0 Å². The highest BCUT2D eigenvalue weighted by Crippen LogP contribution is 2.17. The van der Waals surface area contributed by atoms with E-state index >= 15 is 0 Å². The molecule has 1 heterocycles. The van der Waals surface area contributed by atoms with Gasteiger partial charge in [-0.3, -0.25) is 0 Å². The summed E-state index contributed by atoms with van der Waals surface area (Å²) in [6.07, 6.45) is 4.36. The number of aromatic nitrogens is 1. The van der Waals surface area contributed by atoms with E-state index in [2.05, 4.69) is 11.9 Å². The highest BCUT2D eigenvalue weighted by Gasteiger charge is 2.10. The van der Waals surface area contributed by atoms with Gasteiger partial charge in [-0.25, -0.2) is 4.98 Å². The number of nitrogens with two attached hydrogens (primary N) is 1. The number of unbranched alkanes of at least 4 members (excludes halogenated alkanes) is 1. The van der Waals surface area contributed by atoms with E-state index < -0.39 is 5.95 Å². The number of pyridine rings is 1. The molecule has 0 amide bonds. The second-order valence-electron chi connectivity index (χ2n) is 3.13. The Morgan fingerprint density at radius 2 is 2.38 bits per heavy atom. The van der Waals surface area contributed by atoms with E-state index in [0.717, 1.165) is 19.3 Å². The lowest BCUT2D eigenvalue weighted by atomic mass is 10.0. The number of rotatable bonds is 4. The van der Waals surface area contributed by atoms with Gasteiger partial charge < -0.3 is 5.73 Å². The molecule has 0 bridgehead atoms. The Bertz CT molecular complexity index is 263. The van der Waals surface area contributed by atoms with Crippen LogP contribution in [-0.4, -0.2) is 4.98 Å². The second kappa shape index (κ2) is 4.92. The Morgan fingerprint density at radius 1 is 1.62 bits per heavy atom. The molecular weight excluding hydrogens is 167 g/mol. The van der Waals surface area contributed by atoms with Gasteiger partial charge in [0.1, 0.15) is 0 Å². The first kappa shape index (κ1) is 10.1. The lowest BCUT2D eigenvalue weighted by Gasteiger charge is -2.10. The summed E-state index contributed by atoms with van der Waals surface area (Å²) in [5.74, 6) is -0.439. The maximum atomic E-state index is 13.1. The SMILES string of the molecule is CCCC[C@@H](N)c1cccnc1F. The summed E-state index contributed by atoms with van der Waals surface area (Å²) in [5.41, 5.74) is 6.33. The first-order chi connectivity index (χ1) is 6.25. The lowest BCUT2D eigenvalue weighted by molar-refractivity contribution is 0.522. The summed E-state index contributed by atoms with van der Waals surface area (Å²) in [4.78, 5) is 3.56. The van der Waals surface area contributed by atoms with Gasteiger partial charge in [-0.2, -0.15) is 4.39 Å². The van der Waals surface area contributed by atoms with Gasteiger partial charge >= 0.3 is 0 Å². The van der Waals surface area contributed by atoms with Gasteiger partial charge in [-0.15, -0.1) is 0 Å². The molecule has 13 heavy (non-hydrogen) atoms. The Kier molecular flexibility index (Phi) is 3.83. The molecule has 0 aliphatic rings. The number of hydrogen-bond donors (Lipinski definition) is 1. The van der Waals surface area contributed by atoms with Crippen LogP contribution in [0.1, 0.15) is 37.8 Å². The van der Waals surface area contributed by atoms with Gasteiger partial charge in [0, 0.05) is 17.8 Å². The van der Waals surface area contributed by atoms with Crippen molar-refractivity contribution in [2.75, 3.05) is 0 Å². The average molecular weight is 182 g/mol. The second-order valence-corrected chi connectivity index (χ2v) is 3.13. The molecule has 0 radical (unpaired) electrons. The topological polar surface area (TPSA) is 38.9 Å². The lowest BCUT2D eigenvalue weighted by Crippen LogP contribution is -2.12. The molecule has 1 aromatic heterocycles. The minimum atomic E-state index is -0.439. The van der Waals surface area contributed by atoms with E-state index in [0.29, 0.717) is 5.56 Å². The highest BCUT2D eigenvalue weighted by atomic mass is 19.1. The van der Waals surface area contributed by atoms with E-state index in [-0.39, 0.29) is 6.04 Å². The molecule has 0 saturated heterocycles. The van der Waals surface area contributed by atoms with Gasteiger partial charge in [0.25, 0.3) is 0 Å². The van der Waals surface area contributed by atoms with Crippen molar-refractivity contribution in [1.29, 1.82) is 0 Å². The van der Waals surface area contributed by atoms with Crippen molar-refractivity contribution in [2.45, 2.75) is 32.2 Å². The van der Waals surface area contributed by atoms with Crippen LogP contribution in [0.15, 0.2) is 18.3 Å². The molecule has 2 nitrogen and oxygen atoms in total. The van der Waals surface area contributed by atoms with Crippen LogP contribution in [0.3, 0.4) is 0 Å². The summed E-state index contributed by atoms with van der Waals surface area (Å²) in [7, 11) is 0. The van der Waals surface area contributed by atoms with Gasteiger partial charge in [0.05, 0.1) is 0 Å². The molecular formula is C10H15FN2. The predicted molar refractivity (Wildman–Crippen MR) is 50.6 cm³/mol. The van der Waals surface area contributed by atoms with E-state index in [1.807, 2.05) is 0 Å². The molecule has 72 valence electrons. The summed E-state index contributed by atoms with van der Waals surface area (Å²) in [6, 6.07) is 3.20. The largest absolute Gasteiger partial charge is 0.324 e. The zero-order valence-electron chi connectivity index (χ0n) is 7.83. The Hall–Kier alpha value is -0.960. The van der Waals surface area contributed by atoms with Crippen LogP contribution in [0, 0.1) is 5.95 Å². The predicted octanol–water partition coefficient (Wildman–Crippen LogP) is 2.41. The first-order valence-corrected chi connectivity index (χ1v) is 4.61. The van der Waals surface area contributed by atoms with Crippen LogP contribution in [0.4, 0.5) is 4.39 Å². The molecule has 0 unspecified atom stereocenters. The molecule has 1 atom stereocenters.